The quantitative estimate of drug-likeness (QED) is 0.816. The van der Waals surface area contributed by atoms with Crippen LogP contribution in [-0.2, 0) is 6.42 Å². The SMILES string of the molecule is C[C@@H](Cc1ccc2c(c1)OCO2)CN1CCCC1. The molecule has 3 nitrogen and oxygen atoms in total. The lowest BCUT2D eigenvalue weighted by molar-refractivity contribution is 0.174. The Kier molecular flexibility index (Phi) is 3.41. The van der Waals surface area contributed by atoms with Gasteiger partial charge < -0.3 is 14.4 Å². The molecule has 0 unspecified atom stereocenters. The second kappa shape index (κ2) is 5.19. The Bertz CT molecular complexity index is 413. The maximum atomic E-state index is 5.42. The highest BCUT2D eigenvalue weighted by Crippen LogP contribution is 2.33. The smallest absolute Gasteiger partial charge is 0.231 e. The van der Waals surface area contributed by atoms with Crippen molar-refractivity contribution in [1.82, 2.24) is 4.90 Å². The molecule has 1 fully saturated rings. The molecule has 0 aromatic heterocycles. The predicted molar refractivity (Wildman–Crippen MR) is 71.1 cm³/mol. The highest BCUT2D eigenvalue weighted by atomic mass is 16.7. The van der Waals surface area contributed by atoms with E-state index in [2.05, 4.69) is 24.0 Å². The van der Waals surface area contributed by atoms with Crippen LogP contribution in [0.15, 0.2) is 18.2 Å². The normalized spacial score (nSPS) is 20.3. The van der Waals surface area contributed by atoms with Gasteiger partial charge in [0.05, 0.1) is 0 Å². The van der Waals surface area contributed by atoms with Crippen molar-refractivity contribution in [2.75, 3.05) is 26.4 Å². The summed E-state index contributed by atoms with van der Waals surface area (Å²) in [5.41, 5.74) is 1.35. The lowest BCUT2D eigenvalue weighted by Crippen LogP contribution is -2.26. The zero-order valence-corrected chi connectivity index (χ0v) is 11.0. The van der Waals surface area contributed by atoms with Crippen LogP contribution < -0.4 is 9.47 Å². The molecule has 1 saturated heterocycles. The molecule has 0 radical (unpaired) electrons. The van der Waals surface area contributed by atoms with Crippen molar-refractivity contribution < 1.29 is 9.47 Å². The maximum Gasteiger partial charge on any atom is 0.231 e. The average Bonchev–Trinajstić information content (AvgIpc) is 2.98. The zero-order chi connectivity index (χ0) is 12.4. The molecule has 98 valence electrons. The van der Waals surface area contributed by atoms with Crippen LogP contribution in [-0.4, -0.2) is 31.3 Å². The van der Waals surface area contributed by atoms with Crippen molar-refractivity contribution >= 4 is 0 Å². The summed E-state index contributed by atoms with van der Waals surface area (Å²) in [5, 5.41) is 0. The van der Waals surface area contributed by atoms with Crippen LogP contribution in [0.1, 0.15) is 25.3 Å². The summed E-state index contributed by atoms with van der Waals surface area (Å²) in [7, 11) is 0. The van der Waals surface area contributed by atoms with Gasteiger partial charge in [-0.2, -0.15) is 0 Å². The summed E-state index contributed by atoms with van der Waals surface area (Å²) in [5.74, 6) is 2.48. The molecule has 0 N–H and O–H groups in total. The van der Waals surface area contributed by atoms with Crippen molar-refractivity contribution in [1.29, 1.82) is 0 Å². The topological polar surface area (TPSA) is 21.7 Å². The van der Waals surface area contributed by atoms with Gasteiger partial charge in [-0.15, -0.1) is 0 Å². The molecular weight excluding hydrogens is 226 g/mol. The Balaban J connectivity index is 1.58. The van der Waals surface area contributed by atoms with Crippen LogP contribution >= 0.6 is 0 Å². The molecule has 3 heteroatoms. The van der Waals surface area contributed by atoms with Crippen LogP contribution in [0.25, 0.3) is 0 Å². The molecule has 2 heterocycles. The molecule has 0 spiro atoms. The largest absolute Gasteiger partial charge is 0.454 e. The second-order valence-corrected chi connectivity index (χ2v) is 5.50. The minimum absolute atomic E-state index is 0.363. The Labute approximate surface area is 109 Å². The molecular formula is C15H21NO2. The van der Waals surface area contributed by atoms with E-state index >= 15 is 0 Å². The maximum absolute atomic E-state index is 5.42. The van der Waals surface area contributed by atoms with Gasteiger partial charge in [-0.25, -0.2) is 0 Å². The molecule has 18 heavy (non-hydrogen) atoms. The van der Waals surface area contributed by atoms with E-state index in [9.17, 15) is 0 Å². The number of ether oxygens (including phenoxy) is 2. The van der Waals surface area contributed by atoms with Gasteiger partial charge in [0.25, 0.3) is 0 Å². The average molecular weight is 247 g/mol. The lowest BCUT2D eigenvalue weighted by atomic mass is 10.0. The molecule has 0 bridgehead atoms. The van der Waals surface area contributed by atoms with E-state index in [1.165, 1.54) is 38.0 Å². The van der Waals surface area contributed by atoms with Crippen LogP contribution in [0.4, 0.5) is 0 Å². The van der Waals surface area contributed by atoms with Gasteiger partial charge in [0.15, 0.2) is 11.5 Å². The van der Waals surface area contributed by atoms with Gasteiger partial charge in [0, 0.05) is 6.54 Å². The van der Waals surface area contributed by atoms with Gasteiger partial charge >= 0.3 is 0 Å². The van der Waals surface area contributed by atoms with Gasteiger partial charge in [0.1, 0.15) is 0 Å². The van der Waals surface area contributed by atoms with Crippen molar-refractivity contribution in [3.8, 4) is 11.5 Å². The van der Waals surface area contributed by atoms with Crippen molar-refractivity contribution in [2.45, 2.75) is 26.2 Å². The van der Waals surface area contributed by atoms with E-state index < -0.39 is 0 Å². The number of likely N-dealkylation sites (tertiary alicyclic amines) is 1. The molecule has 2 aliphatic rings. The number of hydrogen-bond donors (Lipinski definition) is 0. The third-order valence-electron chi connectivity index (χ3n) is 3.79. The Morgan fingerprint density at radius 3 is 2.78 bits per heavy atom. The summed E-state index contributed by atoms with van der Waals surface area (Å²) in [4.78, 5) is 2.58. The van der Waals surface area contributed by atoms with Crippen LogP contribution in [0, 0.1) is 5.92 Å². The fourth-order valence-corrected chi connectivity index (χ4v) is 2.94. The fourth-order valence-electron chi connectivity index (χ4n) is 2.94. The fraction of sp³-hybridized carbons (Fsp3) is 0.600. The Hall–Kier alpha value is -1.22. The van der Waals surface area contributed by atoms with E-state index in [4.69, 9.17) is 9.47 Å². The van der Waals surface area contributed by atoms with Crippen molar-refractivity contribution in [3.63, 3.8) is 0 Å². The molecule has 2 aliphatic heterocycles. The van der Waals surface area contributed by atoms with E-state index in [-0.39, 0.29) is 0 Å². The first kappa shape index (κ1) is 11.8. The first-order chi connectivity index (χ1) is 8.81. The summed E-state index contributed by atoms with van der Waals surface area (Å²) in [6.07, 6.45) is 3.86. The summed E-state index contributed by atoms with van der Waals surface area (Å²) in [6, 6.07) is 6.32. The third-order valence-corrected chi connectivity index (χ3v) is 3.79. The first-order valence-electron chi connectivity index (χ1n) is 6.92. The Morgan fingerprint density at radius 2 is 1.94 bits per heavy atom. The van der Waals surface area contributed by atoms with Crippen molar-refractivity contribution in [2.24, 2.45) is 5.92 Å². The van der Waals surface area contributed by atoms with Crippen molar-refractivity contribution in [3.05, 3.63) is 23.8 Å². The van der Waals surface area contributed by atoms with E-state index in [1.54, 1.807) is 0 Å². The van der Waals surface area contributed by atoms with E-state index in [0.717, 1.165) is 17.9 Å². The molecule has 1 aromatic rings. The zero-order valence-electron chi connectivity index (χ0n) is 11.0. The minimum Gasteiger partial charge on any atom is -0.454 e. The molecule has 1 aromatic carbocycles. The number of nitrogens with zero attached hydrogens (tertiary/aromatic N) is 1. The highest BCUT2D eigenvalue weighted by molar-refractivity contribution is 5.44. The third kappa shape index (κ3) is 2.61. The number of fused-ring (bicyclic) bond motifs is 1. The molecule has 0 saturated carbocycles. The molecule has 0 amide bonds. The summed E-state index contributed by atoms with van der Waals surface area (Å²) in [6.45, 7) is 6.48. The minimum atomic E-state index is 0.363. The monoisotopic (exact) mass is 247 g/mol. The standard InChI is InChI=1S/C15H21NO2/c1-12(10-16-6-2-3-7-16)8-13-4-5-14-15(9-13)18-11-17-14/h4-5,9,12H,2-3,6-8,10-11H2,1H3/t12-/m0/s1. The molecule has 1 atom stereocenters. The number of hydrogen-bond acceptors (Lipinski definition) is 3. The summed E-state index contributed by atoms with van der Waals surface area (Å²) < 4.78 is 10.8. The molecule has 0 aliphatic carbocycles. The number of benzene rings is 1. The van der Waals surface area contributed by atoms with Gasteiger partial charge in [0.2, 0.25) is 6.79 Å². The lowest BCUT2D eigenvalue weighted by Gasteiger charge is -2.20. The highest BCUT2D eigenvalue weighted by Gasteiger charge is 2.17. The second-order valence-electron chi connectivity index (χ2n) is 5.50. The van der Waals surface area contributed by atoms with Gasteiger partial charge in [-0.1, -0.05) is 13.0 Å². The van der Waals surface area contributed by atoms with E-state index in [1.807, 2.05) is 6.07 Å². The molecule has 3 rings (SSSR count). The van der Waals surface area contributed by atoms with Crippen LogP contribution in [0.5, 0.6) is 11.5 Å². The van der Waals surface area contributed by atoms with Crippen LogP contribution in [0.3, 0.4) is 0 Å². The number of rotatable bonds is 4. The Morgan fingerprint density at radius 1 is 1.17 bits per heavy atom. The van der Waals surface area contributed by atoms with Crippen LogP contribution in [0.2, 0.25) is 0 Å². The van der Waals surface area contributed by atoms with E-state index in [0.29, 0.717) is 12.7 Å². The summed E-state index contributed by atoms with van der Waals surface area (Å²) >= 11 is 0. The van der Waals surface area contributed by atoms with Gasteiger partial charge in [-0.05, 0) is 56.0 Å². The predicted octanol–water partition coefficient (Wildman–Crippen LogP) is 2.69. The first-order valence-corrected chi connectivity index (χ1v) is 6.92. The van der Waals surface area contributed by atoms with Gasteiger partial charge in [-0.3, -0.25) is 0 Å².